The standard InChI is InChI=1S/C18H21N5O3S2/c1-10-4-5-13(8-11(10)2)19-16(26)20-15(25)9-27-18-22-21-17(28-18)23(12(3)24)14-6-7-14/h4-5,8,14H,6-7,9H2,1-3H3,(H2,19,20,25,26). The van der Waals surface area contributed by atoms with E-state index < -0.39 is 11.9 Å². The summed E-state index contributed by atoms with van der Waals surface area (Å²) >= 11 is 2.45. The number of urea groups is 1. The zero-order valence-electron chi connectivity index (χ0n) is 15.8. The Labute approximate surface area is 171 Å². The average molecular weight is 420 g/mol. The van der Waals surface area contributed by atoms with Crippen molar-refractivity contribution < 1.29 is 14.4 Å². The number of carbonyl (C=O) groups excluding carboxylic acids is 3. The number of nitrogens with zero attached hydrogens (tertiary/aromatic N) is 3. The van der Waals surface area contributed by atoms with Crippen molar-refractivity contribution >= 4 is 51.8 Å². The highest BCUT2D eigenvalue weighted by atomic mass is 32.2. The number of nitrogens with one attached hydrogen (secondary N) is 2. The monoisotopic (exact) mass is 419 g/mol. The van der Waals surface area contributed by atoms with Gasteiger partial charge in [-0.2, -0.15) is 0 Å². The molecule has 1 aliphatic rings. The Bertz CT molecular complexity index is 910. The normalized spacial score (nSPS) is 13.1. The van der Waals surface area contributed by atoms with E-state index in [1.54, 1.807) is 11.0 Å². The van der Waals surface area contributed by atoms with E-state index in [9.17, 15) is 14.4 Å². The van der Waals surface area contributed by atoms with Gasteiger partial charge in [-0.25, -0.2) is 4.79 Å². The molecule has 2 N–H and O–H groups in total. The van der Waals surface area contributed by atoms with Crippen LogP contribution in [0.5, 0.6) is 0 Å². The third-order valence-electron chi connectivity index (χ3n) is 4.20. The molecule has 1 heterocycles. The van der Waals surface area contributed by atoms with Crippen LogP contribution in [0.4, 0.5) is 15.6 Å². The van der Waals surface area contributed by atoms with Crippen LogP contribution in [0.25, 0.3) is 0 Å². The first kappa shape index (κ1) is 20.3. The zero-order chi connectivity index (χ0) is 20.3. The van der Waals surface area contributed by atoms with Crippen molar-refractivity contribution in [2.45, 2.75) is 44.0 Å². The lowest BCUT2D eigenvalue weighted by Crippen LogP contribution is -2.35. The minimum absolute atomic E-state index is 0.0263. The summed E-state index contributed by atoms with van der Waals surface area (Å²) < 4.78 is 0.576. The van der Waals surface area contributed by atoms with Crippen LogP contribution in [0.2, 0.25) is 0 Å². The van der Waals surface area contributed by atoms with Gasteiger partial charge in [0, 0.05) is 18.7 Å². The third-order valence-corrected chi connectivity index (χ3v) is 6.25. The van der Waals surface area contributed by atoms with E-state index in [-0.39, 0.29) is 17.7 Å². The van der Waals surface area contributed by atoms with E-state index in [1.807, 2.05) is 26.0 Å². The minimum atomic E-state index is -0.580. The molecule has 1 aromatic carbocycles. The van der Waals surface area contributed by atoms with Crippen molar-refractivity contribution in [3.8, 4) is 0 Å². The molecule has 8 nitrogen and oxygen atoms in total. The van der Waals surface area contributed by atoms with E-state index in [4.69, 9.17) is 0 Å². The number of thioether (sulfide) groups is 1. The second kappa shape index (κ2) is 8.70. The molecular formula is C18H21N5O3S2. The highest BCUT2D eigenvalue weighted by Crippen LogP contribution is 2.35. The number of aromatic nitrogens is 2. The van der Waals surface area contributed by atoms with Crippen LogP contribution in [-0.2, 0) is 9.59 Å². The maximum atomic E-state index is 12.0. The molecule has 148 valence electrons. The van der Waals surface area contributed by atoms with Gasteiger partial charge in [0.2, 0.25) is 16.9 Å². The molecule has 1 saturated carbocycles. The van der Waals surface area contributed by atoms with Crippen LogP contribution in [-0.4, -0.2) is 39.8 Å². The van der Waals surface area contributed by atoms with E-state index in [0.29, 0.717) is 15.2 Å². The predicted molar refractivity (Wildman–Crippen MR) is 110 cm³/mol. The van der Waals surface area contributed by atoms with Crippen LogP contribution < -0.4 is 15.5 Å². The van der Waals surface area contributed by atoms with Crippen molar-refractivity contribution in [1.29, 1.82) is 0 Å². The average Bonchev–Trinajstić information content (AvgIpc) is 3.33. The van der Waals surface area contributed by atoms with E-state index in [1.165, 1.54) is 30.0 Å². The van der Waals surface area contributed by atoms with Gasteiger partial charge in [0.15, 0.2) is 4.34 Å². The summed E-state index contributed by atoms with van der Waals surface area (Å²) in [4.78, 5) is 37.4. The van der Waals surface area contributed by atoms with Gasteiger partial charge < -0.3 is 5.32 Å². The second-order valence-corrected chi connectivity index (χ2v) is 8.74. The Balaban J connectivity index is 1.48. The molecule has 3 rings (SSSR count). The van der Waals surface area contributed by atoms with Gasteiger partial charge in [-0.15, -0.1) is 10.2 Å². The Hall–Kier alpha value is -2.46. The van der Waals surface area contributed by atoms with Crippen LogP contribution >= 0.6 is 23.1 Å². The van der Waals surface area contributed by atoms with Gasteiger partial charge in [-0.05, 0) is 49.9 Å². The van der Waals surface area contributed by atoms with Crippen LogP contribution in [0, 0.1) is 13.8 Å². The molecule has 4 amide bonds. The summed E-state index contributed by atoms with van der Waals surface area (Å²) in [5, 5.41) is 13.6. The van der Waals surface area contributed by atoms with Gasteiger partial charge >= 0.3 is 6.03 Å². The SMILES string of the molecule is CC(=O)N(c1nnc(SCC(=O)NC(=O)Nc2ccc(C)c(C)c2)s1)C1CC1. The quantitative estimate of drug-likeness (QED) is 0.551. The lowest BCUT2D eigenvalue weighted by molar-refractivity contribution is -0.118. The number of amides is 4. The first-order valence-electron chi connectivity index (χ1n) is 8.77. The summed E-state index contributed by atoms with van der Waals surface area (Å²) in [5.41, 5.74) is 2.80. The number of imide groups is 1. The lowest BCUT2D eigenvalue weighted by Gasteiger charge is -2.15. The van der Waals surface area contributed by atoms with Crippen LogP contribution in [0.1, 0.15) is 30.9 Å². The largest absolute Gasteiger partial charge is 0.325 e. The number of hydrogen-bond donors (Lipinski definition) is 2. The third kappa shape index (κ3) is 5.29. The lowest BCUT2D eigenvalue weighted by atomic mass is 10.1. The number of aryl methyl sites for hydroxylation is 2. The summed E-state index contributed by atoms with van der Waals surface area (Å²) in [5.74, 6) is -0.469. The first-order valence-corrected chi connectivity index (χ1v) is 10.6. The fourth-order valence-corrected chi connectivity index (χ4v) is 4.27. The molecule has 0 unspecified atom stereocenters. The molecule has 0 radical (unpaired) electrons. The minimum Gasteiger partial charge on any atom is -0.308 e. The fraction of sp³-hybridized carbons (Fsp3) is 0.389. The van der Waals surface area contributed by atoms with Gasteiger partial charge in [-0.1, -0.05) is 29.2 Å². The summed E-state index contributed by atoms with van der Waals surface area (Å²) in [6.45, 7) is 5.44. The summed E-state index contributed by atoms with van der Waals surface area (Å²) in [7, 11) is 0. The number of rotatable bonds is 6. The number of hydrogen-bond acceptors (Lipinski definition) is 7. The van der Waals surface area contributed by atoms with Gasteiger partial charge in [-0.3, -0.25) is 19.8 Å². The number of benzene rings is 1. The van der Waals surface area contributed by atoms with E-state index in [2.05, 4.69) is 20.8 Å². The van der Waals surface area contributed by atoms with Crippen molar-refractivity contribution in [3.05, 3.63) is 29.3 Å². The van der Waals surface area contributed by atoms with Crippen molar-refractivity contribution in [2.75, 3.05) is 16.0 Å². The highest BCUT2D eigenvalue weighted by Gasteiger charge is 2.34. The maximum Gasteiger partial charge on any atom is 0.325 e. The van der Waals surface area contributed by atoms with Gasteiger partial charge in [0.1, 0.15) is 0 Å². The van der Waals surface area contributed by atoms with Crippen molar-refractivity contribution in [2.24, 2.45) is 0 Å². The van der Waals surface area contributed by atoms with E-state index >= 15 is 0 Å². The summed E-state index contributed by atoms with van der Waals surface area (Å²) in [6, 6.07) is 5.16. The van der Waals surface area contributed by atoms with Crippen LogP contribution in [0.15, 0.2) is 22.5 Å². The molecule has 1 aromatic heterocycles. The Morgan fingerprint density at radius 3 is 2.61 bits per heavy atom. The Morgan fingerprint density at radius 1 is 1.21 bits per heavy atom. The first-order chi connectivity index (χ1) is 13.3. The Kier molecular flexibility index (Phi) is 6.30. The maximum absolute atomic E-state index is 12.0. The molecule has 2 aromatic rings. The molecule has 28 heavy (non-hydrogen) atoms. The topological polar surface area (TPSA) is 104 Å². The molecule has 0 bridgehead atoms. The highest BCUT2D eigenvalue weighted by molar-refractivity contribution is 8.01. The molecular weight excluding hydrogens is 398 g/mol. The molecule has 1 aliphatic carbocycles. The van der Waals surface area contributed by atoms with Crippen LogP contribution in [0.3, 0.4) is 0 Å². The van der Waals surface area contributed by atoms with Gasteiger partial charge in [0.25, 0.3) is 0 Å². The molecule has 0 atom stereocenters. The second-order valence-electron chi connectivity index (χ2n) is 6.56. The molecule has 0 saturated heterocycles. The molecule has 0 spiro atoms. The predicted octanol–water partition coefficient (Wildman–Crippen LogP) is 3.11. The zero-order valence-corrected chi connectivity index (χ0v) is 17.4. The van der Waals surface area contributed by atoms with Crippen molar-refractivity contribution in [3.63, 3.8) is 0 Å². The molecule has 0 aliphatic heterocycles. The van der Waals surface area contributed by atoms with Gasteiger partial charge in [0.05, 0.1) is 5.75 Å². The smallest absolute Gasteiger partial charge is 0.308 e. The fourth-order valence-electron chi connectivity index (χ4n) is 2.51. The number of anilines is 2. The summed E-state index contributed by atoms with van der Waals surface area (Å²) in [6.07, 6.45) is 1.94. The number of carbonyl (C=O) groups is 3. The molecule has 1 fully saturated rings. The Morgan fingerprint density at radius 2 is 1.96 bits per heavy atom. The van der Waals surface area contributed by atoms with Crippen molar-refractivity contribution in [1.82, 2.24) is 15.5 Å². The molecule has 10 heteroatoms. The van der Waals surface area contributed by atoms with E-state index in [0.717, 1.165) is 24.0 Å².